The predicted molar refractivity (Wildman–Crippen MR) is 58.1 cm³/mol. The molecule has 0 saturated heterocycles. The molecule has 0 amide bonds. The second kappa shape index (κ2) is 4.06. The lowest BCUT2D eigenvalue weighted by atomic mass is 10.3. The van der Waals surface area contributed by atoms with Crippen LogP contribution in [0.2, 0.25) is 0 Å². The fraction of sp³-hybridized carbons (Fsp3) is 0.111. The Morgan fingerprint density at radius 1 is 1.36 bits per heavy atom. The highest BCUT2D eigenvalue weighted by atomic mass is 32.1. The van der Waals surface area contributed by atoms with Gasteiger partial charge in [0.1, 0.15) is 11.6 Å². The number of hydrogen-bond donors (Lipinski definition) is 2. The molecule has 2 aromatic rings. The van der Waals surface area contributed by atoms with Crippen LogP contribution in [-0.2, 0) is 6.54 Å². The van der Waals surface area contributed by atoms with Crippen LogP contribution in [0.5, 0.6) is 0 Å². The van der Waals surface area contributed by atoms with Crippen molar-refractivity contribution in [3.63, 3.8) is 0 Å². The lowest BCUT2D eigenvalue weighted by molar-refractivity contribution is 1.10. The van der Waals surface area contributed by atoms with Crippen LogP contribution >= 0.6 is 11.3 Å². The van der Waals surface area contributed by atoms with E-state index >= 15 is 0 Å². The molecule has 0 aromatic carbocycles. The minimum Gasteiger partial charge on any atom is -0.382 e. The first-order valence-electron chi connectivity index (χ1n) is 4.17. The molecule has 0 bridgehead atoms. The Kier molecular flexibility index (Phi) is 2.60. The van der Waals surface area contributed by atoms with E-state index in [-0.39, 0.29) is 0 Å². The van der Waals surface area contributed by atoms with Crippen molar-refractivity contribution < 1.29 is 0 Å². The van der Waals surface area contributed by atoms with Gasteiger partial charge in [-0.3, -0.25) is 0 Å². The SMILES string of the molecule is Nc1cnc(NCc2ccsc2)cn1. The zero-order chi connectivity index (χ0) is 9.80. The third kappa shape index (κ3) is 2.20. The van der Waals surface area contributed by atoms with Crippen molar-refractivity contribution in [3.05, 3.63) is 34.8 Å². The van der Waals surface area contributed by atoms with Crippen molar-refractivity contribution in [2.45, 2.75) is 6.54 Å². The van der Waals surface area contributed by atoms with E-state index in [9.17, 15) is 0 Å². The van der Waals surface area contributed by atoms with Gasteiger partial charge in [0.25, 0.3) is 0 Å². The van der Waals surface area contributed by atoms with Gasteiger partial charge >= 0.3 is 0 Å². The van der Waals surface area contributed by atoms with Crippen LogP contribution < -0.4 is 11.1 Å². The summed E-state index contributed by atoms with van der Waals surface area (Å²) in [6.07, 6.45) is 3.16. The molecule has 2 heterocycles. The van der Waals surface area contributed by atoms with E-state index in [1.54, 1.807) is 17.5 Å². The fourth-order valence-corrected chi connectivity index (χ4v) is 1.68. The third-order valence-corrected chi connectivity index (χ3v) is 2.46. The predicted octanol–water partition coefficient (Wildman–Crippen LogP) is 1.73. The first-order valence-corrected chi connectivity index (χ1v) is 5.11. The summed E-state index contributed by atoms with van der Waals surface area (Å²) in [5.41, 5.74) is 6.66. The number of anilines is 2. The molecule has 0 atom stereocenters. The van der Waals surface area contributed by atoms with E-state index in [0.717, 1.165) is 12.4 Å². The van der Waals surface area contributed by atoms with E-state index in [1.807, 2.05) is 5.38 Å². The van der Waals surface area contributed by atoms with Crippen molar-refractivity contribution >= 4 is 23.0 Å². The van der Waals surface area contributed by atoms with Crippen LogP contribution in [0.15, 0.2) is 29.2 Å². The molecule has 4 nitrogen and oxygen atoms in total. The van der Waals surface area contributed by atoms with Gasteiger partial charge in [0, 0.05) is 6.54 Å². The summed E-state index contributed by atoms with van der Waals surface area (Å²) < 4.78 is 0. The molecule has 0 saturated carbocycles. The average molecular weight is 206 g/mol. The Labute approximate surface area is 85.8 Å². The fourth-order valence-electron chi connectivity index (χ4n) is 1.02. The van der Waals surface area contributed by atoms with Crippen molar-refractivity contribution in [2.24, 2.45) is 0 Å². The van der Waals surface area contributed by atoms with Gasteiger partial charge in [0.05, 0.1) is 12.4 Å². The molecule has 0 aliphatic heterocycles. The second-order valence-electron chi connectivity index (χ2n) is 2.81. The summed E-state index contributed by atoms with van der Waals surface area (Å²) in [6.45, 7) is 0.766. The van der Waals surface area contributed by atoms with Crippen molar-refractivity contribution in [1.82, 2.24) is 9.97 Å². The number of nitrogens with two attached hydrogens (primary N) is 1. The van der Waals surface area contributed by atoms with E-state index in [2.05, 4.69) is 26.7 Å². The largest absolute Gasteiger partial charge is 0.382 e. The third-order valence-electron chi connectivity index (χ3n) is 1.73. The standard InChI is InChI=1S/C9H10N4S/c10-8-4-13-9(5-11-8)12-3-7-1-2-14-6-7/h1-2,4-6H,3H2,(H2,10,11)(H,12,13). The van der Waals surface area contributed by atoms with Crippen LogP contribution in [0, 0.1) is 0 Å². The van der Waals surface area contributed by atoms with Gasteiger partial charge in [-0.2, -0.15) is 11.3 Å². The smallest absolute Gasteiger partial charge is 0.144 e. The molecular weight excluding hydrogens is 196 g/mol. The van der Waals surface area contributed by atoms with Crippen LogP contribution in [-0.4, -0.2) is 9.97 Å². The Hall–Kier alpha value is -1.62. The highest BCUT2D eigenvalue weighted by molar-refractivity contribution is 7.07. The van der Waals surface area contributed by atoms with Crippen LogP contribution in [0.3, 0.4) is 0 Å². The molecule has 0 spiro atoms. The van der Waals surface area contributed by atoms with Crippen molar-refractivity contribution in [2.75, 3.05) is 11.1 Å². The summed E-state index contributed by atoms with van der Waals surface area (Å²) >= 11 is 1.68. The maximum Gasteiger partial charge on any atom is 0.144 e. The monoisotopic (exact) mass is 206 g/mol. The minimum atomic E-state index is 0.436. The van der Waals surface area contributed by atoms with Gasteiger partial charge in [0.15, 0.2) is 0 Å². The molecule has 3 N–H and O–H groups in total. The molecule has 0 unspecified atom stereocenters. The highest BCUT2D eigenvalue weighted by Gasteiger charge is 1.95. The van der Waals surface area contributed by atoms with Gasteiger partial charge in [0.2, 0.25) is 0 Å². The molecule has 2 rings (SSSR count). The first kappa shape index (κ1) is 8.96. The number of nitrogens with one attached hydrogen (secondary N) is 1. The second-order valence-corrected chi connectivity index (χ2v) is 3.59. The van der Waals surface area contributed by atoms with E-state index in [4.69, 9.17) is 5.73 Å². The molecule has 0 radical (unpaired) electrons. The minimum absolute atomic E-state index is 0.436. The maximum atomic E-state index is 5.42. The summed E-state index contributed by atoms with van der Waals surface area (Å²) in [7, 11) is 0. The Morgan fingerprint density at radius 2 is 2.29 bits per heavy atom. The van der Waals surface area contributed by atoms with Crippen LogP contribution in [0.1, 0.15) is 5.56 Å². The molecule has 0 aliphatic carbocycles. The molecule has 5 heteroatoms. The summed E-state index contributed by atoms with van der Waals surface area (Å²) in [4.78, 5) is 8.02. The van der Waals surface area contributed by atoms with Crippen LogP contribution in [0.4, 0.5) is 11.6 Å². The molecular formula is C9H10N4S. The quantitative estimate of drug-likeness (QED) is 0.802. The molecule has 0 aliphatic rings. The van der Waals surface area contributed by atoms with E-state index in [1.165, 1.54) is 11.8 Å². The maximum absolute atomic E-state index is 5.42. The van der Waals surface area contributed by atoms with Crippen LogP contribution in [0.25, 0.3) is 0 Å². The number of nitrogen functional groups attached to an aromatic ring is 1. The van der Waals surface area contributed by atoms with Gasteiger partial charge in [-0.25, -0.2) is 9.97 Å². The van der Waals surface area contributed by atoms with Crippen molar-refractivity contribution in [1.29, 1.82) is 0 Å². The number of thiophene rings is 1. The Balaban J connectivity index is 1.95. The Morgan fingerprint density at radius 3 is 2.93 bits per heavy atom. The van der Waals surface area contributed by atoms with Gasteiger partial charge < -0.3 is 11.1 Å². The molecule has 2 aromatic heterocycles. The molecule has 72 valence electrons. The normalized spacial score (nSPS) is 10.0. The van der Waals surface area contributed by atoms with Gasteiger partial charge in [-0.05, 0) is 22.4 Å². The summed E-state index contributed by atoms with van der Waals surface area (Å²) in [5.74, 6) is 1.18. The van der Waals surface area contributed by atoms with Gasteiger partial charge in [-0.1, -0.05) is 0 Å². The Bertz CT molecular complexity index is 382. The zero-order valence-corrected chi connectivity index (χ0v) is 8.29. The summed E-state index contributed by atoms with van der Waals surface area (Å²) in [6, 6.07) is 2.07. The zero-order valence-electron chi connectivity index (χ0n) is 7.47. The lowest BCUT2D eigenvalue weighted by Crippen LogP contribution is -2.01. The van der Waals surface area contributed by atoms with Gasteiger partial charge in [-0.15, -0.1) is 0 Å². The number of hydrogen-bond acceptors (Lipinski definition) is 5. The topological polar surface area (TPSA) is 63.8 Å². The number of nitrogens with zero attached hydrogens (tertiary/aromatic N) is 2. The van der Waals surface area contributed by atoms with E-state index < -0.39 is 0 Å². The van der Waals surface area contributed by atoms with E-state index in [0.29, 0.717) is 5.82 Å². The number of aromatic nitrogens is 2. The highest BCUT2D eigenvalue weighted by Crippen LogP contribution is 2.08. The van der Waals surface area contributed by atoms with Crippen molar-refractivity contribution in [3.8, 4) is 0 Å². The lowest BCUT2D eigenvalue weighted by Gasteiger charge is -2.02. The molecule has 14 heavy (non-hydrogen) atoms. The average Bonchev–Trinajstić information content (AvgIpc) is 2.70. The molecule has 0 fully saturated rings. The number of rotatable bonds is 3. The first-order chi connectivity index (χ1) is 6.84. The summed E-state index contributed by atoms with van der Waals surface area (Å²) in [5, 5.41) is 7.29.